The van der Waals surface area contributed by atoms with Crippen LogP contribution in [0, 0.1) is 0 Å². The van der Waals surface area contributed by atoms with E-state index in [0.29, 0.717) is 18.8 Å². The summed E-state index contributed by atoms with van der Waals surface area (Å²) in [5.41, 5.74) is 2.43. The minimum absolute atomic E-state index is 0.202. The van der Waals surface area contributed by atoms with E-state index >= 15 is 0 Å². The summed E-state index contributed by atoms with van der Waals surface area (Å²) in [7, 11) is 0. The van der Waals surface area contributed by atoms with E-state index in [1.54, 1.807) is 18.2 Å². The number of carboxylic acid groups (broad SMARTS) is 1. The Bertz CT molecular complexity index is 760. The number of ether oxygens (including phenoxy) is 2. The zero-order valence-corrected chi connectivity index (χ0v) is 13.6. The molecule has 1 aliphatic heterocycles. The third-order valence-corrected chi connectivity index (χ3v) is 3.94. The average Bonchev–Trinajstić information content (AvgIpc) is 3.08. The highest BCUT2D eigenvalue weighted by molar-refractivity contribution is 5.85. The normalized spacial score (nSPS) is 13.6. The van der Waals surface area contributed by atoms with E-state index in [1.807, 2.05) is 30.3 Å². The Kier molecular flexibility index (Phi) is 5.30. The van der Waals surface area contributed by atoms with Crippen molar-refractivity contribution in [2.45, 2.75) is 19.1 Å². The van der Waals surface area contributed by atoms with Crippen LogP contribution in [0.2, 0.25) is 0 Å². The number of carbonyl (C=O) groups is 2. The van der Waals surface area contributed by atoms with Crippen LogP contribution < -0.4 is 10.1 Å². The summed E-state index contributed by atoms with van der Waals surface area (Å²) < 4.78 is 10.8. The Balaban J connectivity index is 1.58. The highest BCUT2D eigenvalue weighted by atomic mass is 16.5. The van der Waals surface area contributed by atoms with Crippen LogP contribution in [0.4, 0.5) is 0 Å². The predicted octanol–water partition coefficient (Wildman–Crippen LogP) is 2.08. The molecule has 0 spiro atoms. The van der Waals surface area contributed by atoms with Crippen molar-refractivity contribution in [3.05, 3.63) is 65.2 Å². The fourth-order valence-corrected chi connectivity index (χ4v) is 2.71. The standard InChI is InChI=1S/C19H19NO5/c21-17(12-24-11-13-4-2-1-3-5-13)20-18(19(22)23)15-6-7-16-14(10-15)8-9-25-16/h1-7,10,18H,8-9,11-12H2,(H,20,21)(H,22,23). The Hall–Kier alpha value is -2.86. The maximum atomic E-state index is 12.0. The van der Waals surface area contributed by atoms with Gasteiger partial charge in [0.15, 0.2) is 6.04 Å². The molecular weight excluding hydrogens is 322 g/mol. The molecule has 1 heterocycles. The molecule has 0 radical (unpaired) electrons. The lowest BCUT2D eigenvalue weighted by Gasteiger charge is -2.16. The van der Waals surface area contributed by atoms with Gasteiger partial charge in [0.1, 0.15) is 12.4 Å². The smallest absolute Gasteiger partial charge is 0.330 e. The lowest BCUT2D eigenvalue weighted by atomic mass is 10.0. The maximum absolute atomic E-state index is 12.0. The summed E-state index contributed by atoms with van der Waals surface area (Å²) in [5, 5.41) is 11.9. The first-order chi connectivity index (χ1) is 12.1. The number of amides is 1. The van der Waals surface area contributed by atoms with Crippen molar-refractivity contribution in [1.29, 1.82) is 0 Å². The monoisotopic (exact) mass is 341 g/mol. The second-order valence-corrected chi connectivity index (χ2v) is 5.78. The van der Waals surface area contributed by atoms with Gasteiger partial charge in [0.25, 0.3) is 0 Å². The highest BCUT2D eigenvalue weighted by Gasteiger charge is 2.24. The van der Waals surface area contributed by atoms with Gasteiger partial charge in [0.2, 0.25) is 5.91 Å². The van der Waals surface area contributed by atoms with Gasteiger partial charge in [-0.25, -0.2) is 4.79 Å². The summed E-state index contributed by atoms with van der Waals surface area (Å²) in [5.74, 6) is -0.819. The molecule has 0 saturated carbocycles. The van der Waals surface area contributed by atoms with Gasteiger partial charge in [-0.3, -0.25) is 4.79 Å². The number of benzene rings is 2. The largest absolute Gasteiger partial charge is 0.493 e. The van der Waals surface area contributed by atoms with E-state index in [4.69, 9.17) is 9.47 Å². The minimum Gasteiger partial charge on any atom is -0.493 e. The summed E-state index contributed by atoms with van der Waals surface area (Å²) >= 11 is 0. The van der Waals surface area contributed by atoms with E-state index in [0.717, 1.165) is 23.3 Å². The molecule has 1 amide bonds. The first-order valence-electron chi connectivity index (χ1n) is 8.03. The van der Waals surface area contributed by atoms with Gasteiger partial charge >= 0.3 is 5.97 Å². The molecule has 0 fully saturated rings. The van der Waals surface area contributed by atoms with Gasteiger partial charge in [0, 0.05) is 6.42 Å². The van der Waals surface area contributed by atoms with Crippen LogP contribution in [-0.2, 0) is 27.4 Å². The lowest BCUT2D eigenvalue weighted by molar-refractivity contribution is -0.142. The molecule has 2 aromatic rings. The van der Waals surface area contributed by atoms with Crippen LogP contribution in [0.15, 0.2) is 48.5 Å². The molecule has 130 valence electrons. The summed E-state index contributed by atoms with van der Waals surface area (Å²) in [4.78, 5) is 23.6. The molecule has 1 unspecified atom stereocenters. The Morgan fingerprint density at radius 3 is 2.76 bits per heavy atom. The van der Waals surface area contributed by atoms with Gasteiger partial charge < -0.3 is 19.9 Å². The molecule has 0 aliphatic carbocycles. The molecule has 0 bridgehead atoms. The van der Waals surface area contributed by atoms with Gasteiger partial charge in [-0.2, -0.15) is 0 Å². The van der Waals surface area contributed by atoms with Crippen molar-refractivity contribution in [2.75, 3.05) is 13.2 Å². The van der Waals surface area contributed by atoms with E-state index in [2.05, 4.69) is 5.32 Å². The molecule has 1 aliphatic rings. The molecule has 3 rings (SSSR count). The van der Waals surface area contributed by atoms with Crippen molar-refractivity contribution in [3.8, 4) is 5.75 Å². The van der Waals surface area contributed by atoms with Crippen LogP contribution in [-0.4, -0.2) is 30.2 Å². The lowest BCUT2D eigenvalue weighted by Crippen LogP contribution is -2.36. The van der Waals surface area contributed by atoms with E-state index in [9.17, 15) is 14.7 Å². The molecule has 25 heavy (non-hydrogen) atoms. The van der Waals surface area contributed by atoms with Crippen LogP contribution in [0.3, 0.4) is 0 Å². The Morgan fingerprint density at radius 2 is 2.00 bits per heavy atom. The van der Waals surface area contributed by atoms with E-state index in [1.165, 1.54) is 0 Å². The third-order valence-electron chi connectivity index (χ3n) is 3.94. The van der Waals surface area contributed by atoms with Crippen molar-refractivity contribution in [1.82, 2.24) is 5.32 Å². The summed E-state index contributed by atoms with van der Waals surface area (Å²) in [6.45, 7) is 0.686. The molecule has 1 atom stereocenters. The van der Waals surface area contributed by atoms with Crippen molar-refractivity contribution < 1.29 is 24.2 Å². The Morgan fingerprint density at radius 1 is 1.20 bits per heavy atom. The molecule has 2 aromatic carbocycles. The highest BCUT2D eigenvalue weighted by Crippen LogP contribution is 2.28. The van der Waals surface area contributed by atoms with Gasteiger partial charge in [0.05, 0.1) is 13.2 Å². The van der Waals surface area contributed by atoms with Crippen molar-refractivity contribution >= 4 is 11.9 Å². The predicted molar refractivity (Wildman–Crippen MR) is 90.3 cm³/mol. The average molecular weight is 341 g/mol. The van der Waals surface area contributed by atoms with Crippen LogP contribution in [0.25, 0.3) is 0 Å². The number of hydrogen-bond acceptors (Lipinski definition) is 4. The van der Waals surface area contributed by atoms with E-state index < -0.39 is 17.9 Å². The second kappa shape index (κ2) is 7.81. The fraction of sp³-hybridized carbons (Fsp3) is 0.263. The summed E-state index contributed by atoms with van der Waals surface area (Å²) in [6.07, 6.45) is 0.740. The SMILES string of the molecule is O=C(COCc1ccccc1)NC(C(=O)O)c1ccc2c(c1)CCO2. The van der Waals surface area contributed by atoms with Gasteiger partial charge in [-0.05, 0) is 28.8 Å². The minimum atomic E-state index is -1.12. The number of aliphatic carboxylic acids is 1. The van der Waals surface area contributed by atoms with Crippen LogP contribution >= 0.6 is 0 Å². The molecule has 2 N–H and O–H groups in total. The maximum Gasteiger partial charge on any atom is 0.330 e. The number of fused-ring (bicyclic) bond motifs is 1. The second-order valence-electron chi connectivity index (χ2n) is 5.78. The summed E-state index contributed by atoms with van der Waals surface area (Å²) in [6, 6.07) is 13.5. The van der Waals surface area contributed by atoms with Crippen molar-refractivity contribution in [2.24, 2.45) is 0 Å². The third kappa shape index (κ3) is 4.36. The zero-order valence-electron chi connectivity index (χ0n) is 13.6. The number of carboxylic acids is 1. The fourth-order valence-electron chi connectivity index (χ4n) is 2.71. The quantitative estimate of drug-likeness (QED) is 0.805. The topological polar surface area (TPSA) is 84.9 Å². The molecule has 0 aromatic heterocycles. The molecule has 0 saturated heterocycles. The first-order valence-corrected chi connectivity index (χ1v) is 8.03. The van der Waals surface area contributed by atoms with E-state index in [-0.39, 0.29) is 6.61 Å². The number of nitrogens with one attached hydrogen (secondary N) is 1. The number of carbonyl (C=O) groups excluding carboxylic acids is 1. The van der Waals surface area contributed by atoms with Gasteiger partial charge in [-0.1, -0.05) is 36.4 Å². The van der Waals surface area contributed by atoms with Gasteiger partial charge in [-0.15, -0.1) is 0 Å². The number of hydrogen-bond donors (Lipinski definition) is 2. The van der Waals surface area contributed by atoms with Crippen molar-refractivity contribution in [3.63, 3.8) is 0 Å². The molecule has 6 nitrogen and oxygen atoms in total. The molecular formula is C19H19NO5. The number of rotatable bonds is 7. The van der Waals surface area contributed by atoms with Crippen LogP contribution in [0.5, 0.6) is 5.75 Å². The van der Waals surface area contributed by atoms with Crippen LogP contribution in [0.1, 0.15) is 22.7 Å². The Labute approximate surface area is 145 Å². The zero-order chi connectivity index (χ0) is 17.6. The first kappa shape index (κ1) is 17.0. The molecule has 6 heteroatoms.